The molecule has 0 radical (unpaired) electrons. The van der Waals surface area contributed by atoms with Crippen LogP contribution < -0.4 is 0 Å². The minimum atomic E-state index is 1.16. The summed E-state index contributed by atoms with van der Waals surface area (Å²) in [6.45, 7) is 0. The molecule has 4 rings (SSSR count). The number of fused-ring (bicyclic) bond motifs is 5. The van der Waals surface area contributed by atoms with Crippen molar-refractivity contribution in [2.45, 2.75) is 44.9 Å². The topological polar surface area (TPSA) is 0 Å². The smallest absolute Gasteiger partial charge is 0.00106 e. The maximum atomic E-state index is 2.40. The molecule has 0 N–H and O–H groups in total. The van der Waals surface area contributed by atoms with Gasteiger partial charge in [0.05, 0.1) is 0 Å². The van der Waals surface area contributed by atoms with Crippen molar-refractivity contribution < 1.29 is 0 Å². The second-order valence-electron chi connectivity index (χ2n) is 5.98. The second kappa shape index (κ2) is 4.52. The van der Waals surface area contributed by atoms with Crippen LogP contribution in [0, 0.1) is 0 Å². The molecule has 0 amide bonds. The van der Waals surface area contributed by atoms with E-state index in [9.17, 15) is 0 Å². The normalized spacial score (nSPS) is 17.1. The molecule has 0 fully saturated rings. The zero-order chi connectivity index (χ0) is 12.7. The minimum Gasteiger partial charge on any atom is -0.0619 e. The molecule has 2 aliphatic carbocycles. The first kappa shape index (κ1) is 11.3. The number of hydrogen-bond acceptors (Lipinski definition) is 0. The average Bonchev–Trinajstić information content (AvgIpc) is 2.77. The Morgan fingerprint density at radius 3 is 2.37 bits per heavy atom. The quantitative estimate of drug-likeness (QED) is 0.530. The summed E-state index contributed by atoms with van der Waals surface area (Å²) in [6, 6.07) is 13.7. The van der Waals surface area contributed by atoms with Crippen molar-refractivity contribution in [3.63, 3.8) is 0 Å². The van der Waals surface area contributed by atoms with E-state index >= 15 is 0 Å². The van der Waals surface area contributed by atoms with Crippen LogP contribution in [0.25, 0.3) is 11.1 Å². The summed E-state index contributed by atoms with van der Waals surface area (Å²) in [5.74, 6) is 0. The molecule has 0 aromatic heterocycles. The maximum absolute atomic E-state index is 2.40. The predicted octanol–water partition coefficient (Wildman–Crippen LogP) is 4.92. The standard InChI is InChI=1S/C19H20/c1-2-4-9-16-14(7-3-1)11-12-18-17-10-6-5-8-15(17)13-19(16)18/h5-6,8,10-12H,1-4,7,9,13H2. The molecule has 0 spiro atoms. The highest BCUT2D eigenvalue weighted by Crippen LogP contribution is 2.40. The van der Waals surface area contributed by atoms with Crippen LogP contribution in [-0.4, -0.2) is 0 Å². The van der Waals surface area contributed by atoms with Gasteiger partial charge in [-0.3, -0.25) is 0 Å². The Morgan fingerprint density at radius 2 is 1.42 bits per heavy atom. The van der Waals surface area contributed by atoms with E-state index in [1.165, 1.54) is 55.2 Å². The van der Waals surface area contributed by atoms with Crippen LogP contribution >= 0.6 is 0 Å². The summed E-state index contributed by atoms with van der Waals surface area (Å²) in [5, 5.41) is 0. The van der Waals surface area contributed by atoms with E-state index in [2.05, 4.69) is 36.4 Å². The van der Waals surface area contributed by atoms with E-state index in [0.29, 0.717) is 0 Å². The van der Waals surface area contributed by atoms with E-state index in [0.717, 1.165) is 6.42 Å². The first-order chi connectivity index (χ1) is 9.43. The van der Waals surface area contributed by atoms with E-state index in [1.807, 2.05) is 0 Å². The van der Waals surface area contributed by atoms with Crippen LogP contribution in [0.1, 0.15) is 47.9 Å². The summed E-state index contributed by atoms with van der Waals surface area (Å²) in [7, 11) is 0. The lowest BCUT2D eigenvalue weighted by atomic mass is 9.88. The van der Waals surface area contributed by atoms with Gasteiger partial charge in [-0.2, -0.15) is 0 Å². The molecule has 0 heterocycles. The van der Waals surface area contributed by atoms with E-state index in [4.69, 9.17) is 0 Å². The lowest BCUT2D eigenvalue weighted by Gasteiger charge is -2.17. The largest absolute Gasteiger partial charge is 0.0619 e. The highest BCUT2D eigenvalue weighted by Gasteiger charge is 2.22. The third kappa shape index (κ3) is 1.82. The van der Waals surface area contributed by atoms with Gasteiger partial charge in [0.15, 0.2) is 0 Å². The van der Waals surface area contributed by atoms with Crippen molar-refractivity contribution in [1.29, 1.82) is 0 Å². The highest BCUT2D eigenvalue weighted by atomic mass is 14.3. The van der Waals surface area contributed by atoms with Gasteiger partial charge in [-0.25, -0.2) is 0 Å². The summed E-state index contributed by atoms with van der Waals surface area (Å²) in [5.41, 5.74) is 9.46. The molecule has 19 heavy (non-hydrogen) atoms. The third-order valence-electron chi connectivity index (χ3n) is 4.83. The molecule has 0 saturated carbocycles. The molecule has 0 nitrogen and oxygen atoms in total. The van der Waals surface area contributed by atoms with E-state index in [1.54, 1.807) is 16.7 Å². The lowest BCUT2D eigenvalue weighted by Crippen LogP contribution is -2.03. The first-order valence-corrected chi connectivity index (χ1v) is 7.65. The van der Waals surface area contributed by atoms with E-state index < -0.39 is 0 Å². The van der Waals surface area contributed by atoms with Gasteiger partial charge in [-0.1, -0.05) is 49.2 Å². The van der Waals surface area contributed by atoms with Gasteiger partial charge in [-0.15, -0.1) is 0 Å². The highest BCUT2D eigenvalue weighted by molar-refractivity contribution is 5.78. The van der Waals surface area contributed by atoms with Crippen molar-refractivity contribution in [2.75, 3.05) is 0 Å². The Bertz CT molecular complexity index is 622. The summed E-state index contributed by atoms with van der Waals surface area (Å²) < 4.78 is 0. The van der Waals surface area contributed by atoms with Crippen molar-refractivity contribution in [3.05, 3.63) is 58.7 Å². The van der Waals surface area contributed by atoms with Crippen molar-refractivity contribution in [2.24, 2.45) is 0 Å². The molecule has 96 valence electrons. The molecule has 0 bridgehead atoms. The van der Waals surface area contributed by atoms with Gasteiger partial charge < -0.3 is 0 Å². The average molecular weight is 248 g/mol. The molecule has 2 aromatic carbocycles. The minimum absolute atomic E-state index is 1.16. The summed E-state index contributed by atoms with van der Waals surface area (Å²) in [4.78, 5) is 0. The molecule has 0 atom stereocenters. The summed E-state index contributed by atoms with van der Waals surface area (Å²) in [6.07, 6.45) is 9.32. The number of hydrogen-bond donors (Lipinski definition) is 0. The SMILES string of the molecule is c1ccc2c(c1)Cc1c-2ccc2c1CCCCCC2. The van der Waals surface area contributed by atoms with Crippen LogP contribution in [0.15, 0.2) is 36.4 Å². The van der Waals surface area contributed by atoms with Crippen LogP contribution in [0.2, 0.25) is 0 Å². The first-order valence-electron chi connectivity index (χ1n) is 7.65. The molecular formula is C19H20. The Balaban J connectivity index is 1.87. The van der Waals surface area contributed by atoms with Gasteiger partial charge in [0.1, 0.15) is 0 Å². The van der Waals surface area contributed by atoms with Crippen LogP contribution in [0.5, 0.6) is 0 Å². The van der Waals surface area contributed by atoms with Gasteiger partial charge >= 0.3 is 0 Å². The van der Waals surface area contributed by atoms with E-state index in [-0.39, 0.29) is 0 Å². The zero-order valence-corrected chi connectivity index (χ0v) is 11.4. The van der Waals surface area contributed by atoms with Gasteiger partial charge in [0, 0.05) is 0 Å². The molecule has 0 unspecified atom stereocenters. The fourth-order valence-electron chi connectivity index (χ4n) is 3.84. The Hall–Kier alpha value is -1.56. The lowest BCUT2D eigenvalue weighted by molar-refractivity contribution is 0.615. The number of benzene rings is 2. The Morgan fingerprint density at radius 1 is 0.579 bits per heavy atom. The van der Waals surface area contributed by atoms with Crippen LogP contribution in [0.4, 0.5) is 0 Å². The van der Waals surface area contributed by atoms with Crippen molar-refractivity contribution in [1.82, 2.24) is 0 Å². The van der Waals surface area contributed by atoms with Crippen molar-refractivity contribution in [3.8, 4) is 11.1 Å². The van der Waals surface area contributed by atoms with Gasteiger partial charge in [-0.05, 0) is 65.5 Å². The monoisotopic (exact) mass is 248 g/mol. The zero-order valence-electron chi connectivity index (χ0n) is 11.4. The van der Waals surface area contributed by atoms with Crippen LogP contribution in [0.3, 0.4) is 0 Å². The molecule has 0 saturated heterocycles. The molecular weight excluding hydrogens is 228 g/mol. The molecule has 0 heteroatoms. The van der Waals surface area contributed by atoms with Gasteiger partial charge in [0.2, 0.25) is 0 Å². The van der Waals surface area contributed by atoms with Gasteiger partial charge in [0.25, 0.3) is 0 Å². The van der Waals surface area contributed by atoms with Crippen molar-refractivity contribution >= 4 is 0 Å². The second-order valence-corrected chi connectivity index (χ2v) is 5.98. The third-order valence-corrected chi connectivity index (χ3v) is 4.83. The fourth-order valence-corrected chi connectivity index (χ4v) is 3.84. The number of rotatable bonds is 0. The summed E-state index contributed by atoms with van der Waals surface area (Å²) >= 11 is 0. The fraction of sp³-hybridized carbons (Fsp3) is 0.368. The maximum Gasteiger partial charge on any atom is -0.00106 e. The number of aryl methyl sites for hydroxylation is 1. The molecule has 2 aliphatic rings. The van der Waals surface area contributed by atoms with Crippen LogP contribution in [-0.2, 0) is 19.3 Å². The predicted molar refractivity (Wildman–Crippen MR) is 80.6 cm³/mol. The Kier molecular flexibility index (Phi) is 2.69. The molecule has 2 aromatic rings. The molecule has 0 aliphatic heterocycles. The Labute approximate surface area is 115 Å².